The van der Waals surface area contributed by atoms with Crippen molar-refractivity contribution < 1.29 is 0 Å². The van der Waals surface area contributed by atoms with Crippen LogP contribution in [0, 0.1) is 23.7 Å². The van der Waals surface area contributed by atoms with E-state index < -0.39 is 0 Å². The lowest BCUT2D eigenvalue weighted by atomic mass is 9.61. The van der Waals surface area contributed by atoms with E-state index in [0.717, 1.165) is 23.7 Å². The van der Waals surface area contributed by atoms with Gasteiger partial charge in [-0.15, -0.1) is 0 Å². The second-order valence-electron chi connectivity index (χ2n) is 5.87. The molecule has 2 rings (SSSR count). The van der Waals surface area contributed by atoms with Crippen molar-refractivity contribution in [2.75, 3.05) is 0 Å². The number of hydrogen-bond acceptors (Lipinski definition) is 0. The van der Waals surface area contributed by atoms with Crippen LogP contribution >= 0.6 is 0 Å². The fraction of sp³-hybridized carbons (Fsp3) is 0.733. The molecular weight excluding hydrogens is 180 g/mol. The van der Waals surface area contributed by atoms with E-state index in [-0.39, 0.29) is 0 Å². The first kappa shape index (κ1) is 11.0. The maximum atomic E-state index is 4.29. The molecule has 1 fully saturated rings. The number of allylic oxidation sites excluding steroid dienone is 3. The Morgan fingerprint density at radius 2 is 2.13 bits per heavy atom. The summed E-state index contributed by atoms with van der Waals surface area (Å²) >= 11 is 0. The van der Waals surface area contributed by atoms with Crippen molar-refractivity contribution in [1.29, 1.82) is 0 Å². The van der Waals surface area contributed by atoms with E-state index in [1.54, 1.807) is 5.57 Å². The van der Waals surface area contributed by atoms with Crippen LogP contribution in [-0.2, 0) is 0 Å². The predicted octanol–water partition coefficient (Wildman–Crippen LogP) is 4.58. The second kappa shape index (κ2) is 4.15. The molecular formula is C15H24. The third-order valence-corrected chi connectivity index (χ3v) is 4.52. The molecule has 0 aromatic carbocycles. The number of hydrogen-bond donors (Lipinski definition) is 0. The fourth-order valence-electron chi connectivity index (χ4n) is 3.60. The molecule has 0 saturated heterocycles. The molecule has 3 atom stereocenters. The Morgan fingerprint density at radius 1 is 1.40 bits per heavy atom. The van der Waals surface area contributed by atoms with Crippen LogP contribution < -0.4 is 0 Å². The van der Waals surface area contributed by atoms with Crippen LogP contribution in [-0.4, -0.2) is 0 Å². The van der Waals surface area contributed by atoms with Crippen LogP contribution in [0.5, 0.6) is 0 Å². The summed E-state index contributed by atoms with van der Waals surface area (Å²) in [5.41, 5.74) is 3.14. The van der Waals surface area contributed by atoms with Gasteiger partial charge in [0.15, 0.2) is 0 Å². The zero-order valence-electron chi connectivity index (χ0n) is 10.4. The first-order chi connectivity index (χ1) is 7.09. The molecule has 0 aromatic rings. The Kier molecular flexibility index (Phi) is 3.04. The highest BCUT2D eigenvalue weighted by atomic mass is 14.4. The molecule has 0 N–H and O–H groups in total. The molecule has 0 spiro atoms. The molecule has 2 aliphatic rings. The highest BCUT2D eigenvalue weighted by molar-refractivity contribution is 5.17. The fourth-order valence-corrected chi connectivity index (χ4v) is 3.60. The Morgan fingerprint density at radius 3 is 2.80 bits per heavy atom. The zero-order valence-corrected chi connectivity index (χ0v) is 10.4. The van der Waals surface area contributed by atoms with Crippen molar-refractivity contribution >= 4 is 0 Å². The summed E-state index contributed by atoms with van der Waals surface area (Å²) < 4.78 is 0. The van der Waals surface area contributed by atoms with E-state index >= 15 is 0 Å². The predicted molar refractivity (Wildman–Crippen MR) is 66.7 cm³/mol. The third-order valence-electron chi connectivity index (χ3n) is 4.52. The minimum Gasteiger partial charge on any atom is -0.0996 e. The van der Waals surface area contributed by atoms with E-state index in [4.69, 9.17) is 0 Å². The van der Waals surface area contributed by atoms with Crippen LogP contribution in [0.3, 0.4) is 0 Å². The normalized spacial score (nSPS) is 36.4. The Balaban J connectivity index is 2.20. The lowest BCUT2D eigenvalue weighted by molar-refractivity contribution is 0.146. The molecule has 0 nitrogen and oxygen atoms in total. The summed E-state index contributed by atoms with van der Waals surface area (Å²) in [6, 6.07) is 0. The van der Waals surface area contributed by atoms with Crippen LogP contribution in [0.4, 0.5) is 0 Å². The van der Waals surface area contributed by atoms with Crippen molar-refractivity contribution in [3.05, 3.63) is 23.8 Å². The van der Waals surface area contributed by atoms with Gasteiger partial charge in [0.05, 0.1) is 0 Å². The summed E-state index contributed by atoms with van der Waals surface area (Å²) in [5.74, 6) is 3.48. The maximum absolute atomic E-state index is 4.29. The summed E-state index contributed by atoms with van der Waals surface area (Å²) in [5, 5.41) is 0. The van der Waals surface area contributed by atoms with Crippen LogP contribution in [0.1, 0.15) is 46.5 Å². The molecule has 0 heterocycles. The first-order valence-corrected chi connectivity index (χ1v) is 6.43. The zero-order chi connectivity index (χ0) is 11.0. The smallest absolute Gasteiger partial charge is 0.0137 e. The van der Waals surface area contributed by atoms with Crippen LogP contribution in [0.15, 0.2) is 23.8 Å². The highest BCUT2D eigenvalue weighted by Gasteiger charge is 2.37. The molecule has 1 saturated carbocycles. The molecule has 0 unspecified atom stereocenters. The van der Waals surface area contributed by atoms with E-state index in [9.17, 15) is 0 Å². The SMILES string of the molecule is C=C1CC[C@@H](C(C)C)[C@@H]2CC(C)=CC[C@@H]12. The summed E-state index contributed by atoms with van der Waals surface area (Å²) in [4.78, 5) is 0. The number of fused-ring (bicyclic) bond motifs is 1. The van der Waals surface area contributed by atoms with E-state index in [1.807, 2.05) is 0 Å². The molecule has 0 radical (unpaired) electrons. The minimum atomic E-state index is 0.801. The standard InChI is InChI=1S/C15H24/c1-10(2)13-8-6-12(4)14-7-5-11(3)9-15(13)14/h5,10,13-15H,4,6-9H2,1-3H3/t13-,14-,15-/m0/s1. The molecule has 0 heteroatoms. The van der Waals surface area contributed by atoms with E-state index in [1.165, 1.54) is 31.3 Å². The third kappa shape index (κ3) is 2.04. The summed E-state index contributed by atoms with van der Waals surface area (Å²) in [6.07, 6.45) is 7.68. The highest BCUT2D eigenvalue weighted by Crippen LogP contribution is 2.47. The van der Waals surface area contributed by atoms with Gasteiger partial charge in [0.1, 0.15) is 0 Å². The van der Waals surface area contributed by atoms with Gasteiger partial charge in [0, 0.05) is 0 Å². The molecule has 2 aliphatic carbocycles. The average molecular weight is 204 g/mol. The molecule has 0 aliphatic heterocycles. The molecule has 0 bridgehead atoms. The van der Waals surface area contributed by atoms with Gasteiger partial charge in [-0.2, -0.15) is 0 Å². The molecule has 15 heavy (non-hydrogen) atoms. The van der Waals surface area contributed by atoms with Gasteiger partial charge in [-0.3, -0.25) is 0 Å². The van der Waals surface area contributed by atoms with Crippen molar-refractivity contribution in [1.82, 2.24) is 0 Å². The molecule has 0 aromatic heterocycles. The van der Waals surface area contributed by atoms with Gasteiger partial charge in [0.2, 0.25) is 0 Å². The van der Waals surface area contributed by atoms with Crippen LogP contribution in [0.2, 0.25) is 0 Å². The van der Waals surface area contributed by atoms with Gasteiger partial charge < -0.3 is 0 Å². The lowest BCUT2D eigenvalue weighted by Gasteiger charge is -2.44. The van der Waals surface area contributed by atoms with E-state index in [0.29, 0.717) is 0 Å². The summed E-state index contributed by atoms with van der Waals surface area (Å²) in [6.45, 7) is 11.4. The number of rotatable bonds is 1. The van der Waals surface area contributed by atoms with Gasteiger partial charge in [-0.25, -0.2) is 0 Å². The van der Waals surface area contributed by atoms with Gasteiger partial charge in [-0.1, -0.05) is 37.6 Å². The Hall–Kier alpha value is -0.520. The Bertz CT molecular complexity index is 282. The van der Waals surface area contributed by atoms with Gasteiger partial charge in [0.25, 0.3) is 0 Å². The average Bonchev–Trinajstić information content (AvgIpc) is 2.17. The van der Waals surface area contributed by atoms with Crippen LogP contribution in [0.25, 0.3) is 0 Å². The van der Waals surface area contributed by atoms with Crippen molar-refractivity contribution in [2.45, 2.75) is 46.5 Å². The van der Waals surface area contributed by atoms with Crippen molar-refractivity contribution in [3.63, 3.8) is 0 Å². The topological polar surface area (TPSA) is 0 Å². The minimum absolute atomic E-state index is 0.801. The quantitative estimate of drug-likeness (QED) is 0.548. The van der Waals surface area contributed by atoms with Gasteiger partial charge >= 0.3 is 0 Å². The van der Waals surface area contributed by atoms with Gasteiger partial charge in [-0.05, 0) is 56.3 Å². The monoisotopic (exact) mass is 204 g/mol. The van der Waals surface area contributed by atoms with Crippen molar-refractivity contribution in [2.24, 2.45) is 23.7 Å². The molecule has 84 valence electrons. The maximum Gasteiger partial charge on any atom is -0.0137 e. The summed E-state index contributed by atoms with van der Waals surface area (Å²) in [7, 11) is 0. The van der Waals surface area contributed by atoms with E-state index in [2.05, 4.69) is 33.4 Å². The Labute approximate surface area is 94.5 Å². The second-order valence-corrected chi connectivity index (χ2v) is 5.87. The lowest BCUT2D eigenvalue weighted by Crippen LogP contribution is -2.34. The first-order valence-electron chi connectivity index (χ1n) is 6.43. The molecule has 0 amide bonds. The largest absolute Gasteiger partial charge is 0.0996 e. The van der Waals surface area contributed by atoms with Crippen molar-refractivity contribution in [3.8, 4) is 0 Å².